The van der Waals surface area contributed by atoms with E-state index in [1.165, 1.54) is 0 Å². The van der Waals surface area contributed by atoms with Gasteiger partial charge < -0.3 is 38.2 Å². The van der Waals surface area contributed by atoms with Crippen molar-refractivity contribution < 1.29 is 37.7 Å². The molecule has 33 rings (SSSR count). The van der Waals surface area contributed by atoms with E-state index in [4.69, 9.17) is 28.4 Å². The van der Waals surface area contributed by atoms with Gasteiger partial charge in [0.1, 0.15) is 18.2 Å². The number of amides is 1. The van der Waals surface area contributed by atoms with Crippen molar-refractivity contribution in [2.45, 2.75) is 43.2 Å². The van der Waals surface area contributed by atoms with Gasteiger partial charge in [0.25, 0.3) is 0 Å². The van der Waals surface area contributed by atoms with E-state index in [1.54, 1.807) is 320 Å². The molecule has 0 saturated carbocycles. The van der Waals surface area contributed by atoms with E-state index < -0.39 is 22.5 Å². The second-order valence-corrected chi connectivity index (χ2v) is 31.7. The van der Waals surface area contributed by atoms with Gasteiger partial charge in [0.2, 0.25) is 0 Å². The molecule has 2 unspecified atom stereocenters. The fourth-order valence-corrected chi connectivity index (χ4v) is 27.7. The second-order valence-electron chi connectivity index (χ2n) is 31.7. The molecule has 412 valence electrons. The number of benzene rings is 18. The highest BCUT2D eigenvalue weighted by molar-refractivity contribution is 6.82. The summed E-state index contributed by atoms with van der Waals surface area (Å²) < 4.78 is 38.5. The number of ether oxygens (including phenoxy) is 6. The Morgan fingerprint density at radius 3 is 0.933 bits per heavy atom. The highest BCUT2D eigenvalue weighted by Gasteiger charge is 2.80. The zero-order valence-electron chi connectivity index (χ0n) is 48.9. The summed E-state index contributed by atoms with van der Waals surface area (Å²) in [6.07, 6.45) is -0.421. The van der Waals surface area contributed by atoms with Crippen LogP contribution in [0.3, 0.4) is 0 Å². The molecule has 9 nitrogen and oxygen atoms in total. The van der Waals surface area contributed by atoms with Crippen molar-refractivity contribution in [1.82, 2.24) is 5.32 Å². The number of likely N-dealkylation sites (tertiary alicyclic amines) is 1. The van der Waals surface area contributed by atoms with Crippen LogP contribution >= 0.6 is 0 Å². The minimum absolute atomic E-state index is 0.0380. The SMILES string of the molecule is COCCOCCOCC1C23c4c5c6c7c8c9c(c%10c%11c2c2c4c4c%12c5c5c6c6c8c8c%13c9c9c%10c%10c%11c%11c2c2c4c4c%12c%12c5c5c6c8c6c8c%13c9c9c%10c%10c%11c2c2c4c4c%12c5c6c5c8c9c%10c2c45)C73C[N+]1(C)CCOCCOCCNC(=O)OC(C)(C)C. The molecule has 1 aliphatic heterocycles. The highest BCUT2D eigenvalue weighted by Crippen LogP contribution is 2.86. The minimum atomic E-state index is -0.553. The summed E-state index contributed by atoms with van der Waals surface area (Å²) in [5, 5.41) is 90.5. The van der Waals surface area contributed by atoms with Crippen molar-refractivity contribution in [2.75, 3.05) is 93.3 Å². The van der Waals surface area contributed by atoms with Crippen molar-refractivity contribution >= 4 is 297 Å². The Bertz CT molecular complexity index is 7520. The van der Waals surface area contributed by atoms with E-state index in [9.17, 15) is 4.79 Å². The van der Waals surface area contributed by atoms with Crippen LogP contribution in [0.5, 0.6) is 0 Å². The summed E-state index contributed by atoms with van der Waals surface area (Å²) in [6.45, 7) is 12.5. The van der Waals surface area contributed by atoms with Crippen LogP contribution in [0.1, 0.15) is 43.0 Å². The first-order valence-electron chi connectivity index (χ1n) is 33.1. The Labute approximate surface area is 496 Å². The predicted molar refractivity (Wildman–Crippen MR) is 363 cm³/mol. The number of quaternary nitrogens is 1. The van der Waals surface area contributed by atoms with Crippen molar-refractivity contribution in [3.63, 3.8) is 0 Å². The fraction of sp³-hybridized carbons (Fsp3) is 0.263. The van der Waals surface area contributed by atoms with E-state index in [0.29, 0.717) is 66.0 Å². The topological polar surface area (TPSA) is 84.5 Å². The molecule has 2 atom stereocenters. The van der Waals surface area contributed by atoms with Crippen LogP contribution in [-0.2, 0) is 39.3 Å². The molecule has 1 saturated heterocycles. The summed E-state index contributed by atoms with van der Waals surface area (Å²) in [4.78, 5) is 12.5. The van der Waals surface area contributed by atoms with Crippen molar-refractivity contribution in [3.8, 4) is 0 Å². The van der Waals surface area contributed by atoms with Gasteiger partial charge in [0.05, 0.1) is 83.9 Å². The van der Waals surface area contributed by atoms with Crippen LogP contribution < -0.4 is 5.32 Å². The van der Waals surface area contributed by atoms with Crippen molar-refractivity contribution in [3.05, 3.63) is 22.3 Å². The molecule has 2 spiro atoms. The Hall–Kier alpha value is -8.51. The van der Waals surface area contributed by atoms with Gasteiger partial charge in [0.15, 0.2) is 0 Å². The van der Waals surface area contributed by atoms with Crippen molar-refractivity contribution in [2.24, 2.45) is 0 Å². The number of methoxy groups -OCH3 is 1. The number of nitrogens with zero attached hydrogens (tertiary/aromatic N) is 1. The van der Waals surface area contributed by atoms with Gasteiger partial charge in [-0.3, -0.25) is 0 Å². The second kappa shape index (κ2) is 10.6. The molecule has 0 radical (unpaired) electrons. The Kier molecular flexibility index (Phi) is 4.89. The van der Waals surface area contributed by atoms with Crippen LogP contribution in [0.25, 0.3) is 291 Å². The number of nitrogens with one attached hydrogen (secondary N) is 1. The minimum Gasteiger partial charge on any atom is -0.444 e. The number of likely N-dealkylation sites (N-methyl/N-ethyl adjacent to an activating group) is 1. The number of hydrogen-bond donors (Lipinski definition) is 1. The maximum absolute atomic E-state index is 12.5. The van der Waals surface area contributed by atoms with Gasteiger partial charge in [-0.1, -0.05) is 0 Å². The molecule has 0 bridgehead atoms. The molecule has 28 aromatic rings. The molecule has 1 N–H and O–H groups in total. The maximum atomic E-state index is 12.5. The van der Waals surface area contributed by atoms with E-state index >= 15 is 0 Å². The third-order valence-electron chi connectivity index (χ3n) is 28.5. The van der Waals surface area contributed by atoms with Crippen LogP contribution in [0.2, 0.25) is 0 Å². The van der Waals surface area contributed by atoms with Gasteiger partial charge in [-0.05, 0) is 334 Å². The Balaban J connectivity index is 0.798. The van der Waals surface area contributed by atoms with Gasteiger partial charge in [0, 0.05) is 13.7 Å². The molecular weight excluding hydrogens is 1100 g/mol. The van der Waals surface area contributed by atoms with Gasteiger partial charge in [-0.2, -0.15) is 0 Å². The standard InChI is InChI=1S/C80H40N2O7/c1-78(2,3)89-77(83)81-6-8-85-12-13-86-9-7-82(4)17-79-73-65-57-47-37-29-21-19-20-23-27-25(21)33-41-35(27)45-39-31(23)32-24(20)28-26-22(19)30(29)38-44-34(26)42-36(28)46-40(32)50-49(39)61-55(45)63-53(41)59(51(57)43(33)37)67(73)69(63)75-71(61)72-62(50)56(46)64-54(42)60-52(44)58(48(38)47)66(65)74(79)68(60)70(64)76(72)80(75,79)18(82)16-88-15-14-87-11-10-84-5/h18H,6-17H2,1-5H3/p+1. The molecule has 5 aliphatic rings. The van der Waals surface area contributed by atoms with Crippen LogP contribution in [0.4, 0.5) is 4.79 Å². The molecule has 89 heavy (non-hydrogen) atoms. The van der Waals surface area contributed by atoms with Crippen LogP contribution in [0, 0.1) is 0 Å². The summed E-state index contributed by atoms with van der Waals surface area (Å²) in [6, 6.07) is 0.0380. The molecule has 1 heterocycles. The van der Waals surface area contributed by atoms with E-state index in [1.807, 2.05) is 20.8 Å². The zero-order valence-corrected chi connectivity index (χ0v) is 48.9. The first-order chi connectivity index (χ1) is 43.7. The quantitative estimate of drug-likeness (QED) is 0.0552. The number of carbonyl (C=O) groups is 1. The number of rotatable bonds is 17. The molecular formula is C80H41N2O7+. The van der Waals surface area contributed by atoms with E-state index in [-0.39, 0.29) is 6.04 Å². The summed E-state index contributed by atoms with van der Waals surface area (Å²) >= 11 is 0. The zero-order chi connectivity index (χ0) is 56.1. The van der Waals surface area contributed by atoms with Crippen LogP contribution in [-0.4, -0.2) is 115 Å². The van der Waals surface area contributed by atoms with Gasteiger partial charge in [-0.25, -0.2) is 4.79 Å². The monoisotopic (exact) mass is 1140 g/mol. The lowest BCUT2D eigenvalue weighted by molar-refractivity contribution is -0.924. The lowest BCUT2D eigenvalue weighted by atomic mass is 9.48. The average molecular weight is 1140 g/mol. The predicted octanol–water partition coefficient (Wildman–Crippen LogP) is 17.4. The number of alkyl carbamates (subject to hydrolysis) is 1. The molecule has 9 heteroatoms. The lowest BCUT2D eigenvalue weighted by Crippen LogP contribution is -2.59. The summed E-state index contributed by atoms with van der Waals surface area (Å²) in [5.74, 6) is 0. The Morgan fingerprint density at radius 1 is 0.371 bits per heavy atom. The smallest absolute Gasteiger partial charge is 0.407 e. The molecule has 4 aliphatic carbocycles. The van der Waals surface area contributed by atoms with Gasteiger partial charge in [-0.15, -0.1) is 0 Å². The number of carbonyl (C=O) groups excluding carboxylic acids is 1. The van der Waals surface area contributed by atoms with E-state index in [2.05, 4.69) is 12.4 Å². The normalized spacial score (nSPS) is 23.0. The third-order valence-corrected chi connectivity index (χ3v) is 28.5. The largest absolute Gasteiger partial charge is 0.444 e. The molecule has 28 aromatic carbocycles. The van der Waals surface area contributed by atoms with Crippen LogP contribution in [0.15, 0.2) is 0 Å². The number of hydrogen-bond acceptors (Lipinski definition) is 7. The van der Waals surface area contributed by atoms with Gasteiger partial charge >= 0.3 is 6.09 Å². The first-order valence-corrected chi connectivity index (χ1v) is 33.1. The highest BCUT2D eigenvalue weighted by atomic mass is 16.6. The molecule has 0 aromatic heterocycles. The maximum Gasteiger partial charge on any atom is 0.407 e. The fourth-order valence-electron chi connectivity index (χ4n) is 27.7. The van der Waals surface area contributed by atoms with E-state index in [0.717, 1.165) is 17.6 Å². The average Bonchev–Trinajstić information content (AvgIpc) is 1.38. The third kappa shape index (κ3) is 2.85. The lowest BCUT2D eigenvalue weighted by Gasteiger charge is -2.49. The molecule has 1 fully saturated rings. The first kappa shape index (κ1) is 40.9. The molecule has 1 amide bonds. The Morgan fingerprint density at radius 2 is 0.629 bits per heavy atom. The van der Waals surface area contributed by atoms with Crippen molar-refractivity contribution in [1.29, 1.82) is 0 Å². The summed E-state index contributed by atoms with van der Waals surface area (Å²) in [7, 11) is 4.40. The summed E-state index contributed by atoms with van der Waals surface area (Å²) in [5.41, 5.74) is 5.37.